The van der Waals surface area contributed by atoms with Crippen molar-refractivity contribution in [1.29, 1.82) is 0 Å². The Hall–Kier alpha value is -0.610. The maximum atomic E-state index is 12.3. The summed E-state index contributed by atoms with van der Waals surface area (Å²) in [4.78, 5) is 14.3. The van der Waals surface area contributed by atoms with Gasteiger partial charge in [0.05, 0.1) is 0 Å². The molecule has 0 spiro atoms. The molecule has 1 rings (SSSR count). The fourth-order valence-corrected chi connectivity index (χ4v) is 2.14. The minimum Gasteiger partial charge on any atom is -0.396 e. The van der Waals surface area contributed by atoms with Crippen molar-refractivity contribution in [3.63, 3.8) is 0 Å². The molecule has 0 aromatic heterocycles. The van der Waals surface area contributed by atoms with Gasteiger partial charge in [-0.2, -0.15) is 0 Å². The van der Waals surface area contributed by atoms with Crippen LogP contribution in [0.15, 0.2) is 0 Å². The summed E-state index contributed by atoms with van der Waals surface area (Å²) in [5, 5.41) is 12.1. The van der Waals surface area contributed by atoms with E-state index in [0.29, 0.717) is 19.0 Å². The van der Waals surface area contributed by atoms with E-state index in [1.54, 1.807) is 0 Å². The standard InChI is InChI=1S/C13H26N2O2/c1-3-14-10-11(2)13(17)15(8-5-9-16)12-6-4-7-12/h11-12,14,16H,3-10H2,1-2H3. The Bertz CT molecular complexity index is 229. The third-order valence-electron chi connectivity index (χ3n) is 3.48. The van der Waals surface area contributed by atoms with Crippen molar-refractivity contribution in [2.24, 2.45) is 5.92 Å². The quantitative estimate of drug-likeness (QED) is 0.667. The Kier molecular flexibility index (Phi) is 6.52. The highest BCUT2D eigenvalue weighted by atomic mass is 16.3. The Morgan fingerprint density at radius 3 is 2.71 bits per heavy atom. The van der Waals surface area contributed by atoms with Crippen molar-refractivity contribution in [1.82, 2.24) is 10.2 Å². The Labute approximate surface area is 104 Å². The van der Waals surface area contributed by atoms with Crippen LogP contribution in [0.1, 0.15) is 39.5 Å². The summed E-state index contributed by atoms with van der Waals surface area (Å²) in [6, 6.07) is 0.429. The van der Waals surface area contributed by atoms with Gasteiger partial charge in [-0.25, -0.2) is 0 Å². The van der Waals surface area contributed by atoms with E-state index in [9.17, 15) is 4.79 Å². The molecule has 1 aliphatic carbocycles. The molecule has 0 aromatic carbocycles. The summed E-state index contributed by atoms with van der Waals surface area (Å²) in [6.45, 7) is 6.55. The lowest BCUT2D eigenvalue weighted by Crippen LogP contribution is -2.48. The molecule has 0 aromatic rings. The van der Waals surface area contributed by atoms with Gasteiger partial charge in [0.15, 0.2) is 0 Å². The third kappa shape index (κ3) is 4.28. The summed E-state index contributed by atoms with van der Waals surface area (Å²) in [7, 11) is 0. The van der Waals surface area contributed by atoms with Crippen LogP contribution in [0, 0.1) is 5.92 Å². The molecule has 0 bridgehead atoms. The third-order valence-corrected chi connectivity index (χ3v) is 3.48. The summed E-state index contributed by atoms with van der Waals surface area (Å²) in [5.74, 6) is 0.276. The second-order valence-electron chi connectivity index (χ2n) is 4.90. The van der Waals surface area contributed by atoms with Gasteiger partial charge >= 0.3 is 0 Å². The van der Waals surface area contributed by atoms with E-state index >= 15 is 0 Å². The molecule has 1 saturated carbocycles. The van der Waals surface area contributed by atoms with Crippen LogP contribution >= 0.6 is 0 Å². The SMILES string of the molecule is CCNCC(C)C(=O)N(CCCO)C1CCC1. The van der Waals surface area contributed by atoms with E-state index in [1.807, 2.05) is 18.7 Å². The van der Waals surface area contributed by atoms with E-state index < -0.39 is 0 Å². The van der Waals surface area contributed by atoms with Crippen molar-refractivity contribution in [3.8, 4) is 0 Å². The summed E-state index contributed by atoms with van der Waals surface area (Å²) in [5.41, 5.74) is 0. The molecule has 1 fully saturated rings. The number of amides is 1. The molecule has 1 aliphatic rings. The van der Waals surface area contributed by atoms with E-state index in [1.165, 1.54) is 6.42 Å². The number of hydrogen-bond donors (Lipinski definition) is 2. The molecule has 0 radical (unpaired) electrons. The first-order valence-corrected chi connectivity index (χ1v) is 6.82. The molecule has 4 heteroatoms. The molecular weight excluding hydrogens is 216 g/mol. The second-order valence-corrected chi connectivity index (χ2v) is 4.90. The molecule has 1 amide bonds. The number of carbonyl (C=O) groups is 1. The molecule has 0 heterocycles. The molecule has 1 atom stereocenters. The van der Waals surface area contributed by atoms with E-state index in [4.69, 9.17) is 5.11 Å². The van der Waals surface area contributed by atoms with Crippen LogP contribution in [0.5, 0.6) is 0 Å². The van der Waals surface area contributed by atoms with Gasteiger partial charge in [0.25, 0.3) is 0 Å². The largest absolute Gasteiger partial charge is 0.396 e. The molecule has 17 heavy (non-hydrogen) atoms. The Morgan fingerprint density at radius 2 is 2.24 bits per heavy atom. The summed E-state index contributed by atoms with van der Waals surface area (Å²) < 4.78 is 0. The zero-order valence-electron chi connectivity index (χ0n) is 11.1. The number of aliphatic hydroxyl groups excluding tert-OH is 1. The normalized spacial score (nSPS) is 17.6. The van der Waals surface area contributed by atoms with Gasteiger partial charge in [0, 0.05) is 31.7 Å². The van der Waals surface area contributed by atoms with Crippen molar-refractivity contribution in [2.75, 3.05) is 26.2 Å². The first kappa shape index (κ1) is 14.5. The average Bonchev–Trinajstić information content (AvgIpc) is 2.27. The van der Waals surface area contributed by atoms with Crippen LogP contribution < -0.4 is 5.32 Å². The lowest BCUT2D eigenvalue weighted by molar-refractivity contribution is -0.139. The predicted molar refractivity (Wildman–Crippen MR) is 68.8 cm³/mol. The highest BCUT2D eigenvalue weighted by Gasteiger charge is 2.30. The van der Waals surface area contributed by atoms with Gasteiger partial charge in [0.1, 0.15) is 0 Å². The van der Waals surface area contributed by atoms with Crippen LogP contribution in [0.3, 0.4) is 0 Å². The van der Waals surface area contributed by atoms with Gasteiger partial charge < -0.3 is 15.3 Å². The molecule has 1 unspecified atom stereocenters. The summed E-state index contributed by atoms with van der Waals surface area (Å²) in [6.07, 6.45) is 4.18. The van der Waals surface area contributed by atoms with Gasteiger partial charge in [-0.15, -0.1) is 0 Å². The van der Waals surface area contributed by atoms with E-state index in [-0.39, 0.29) is 18.4 Å². The van der Waals surface area contributed by atoms with Gasteiger partial charge in [-0.1, -0.05) is 13.8 Å². The molecule has 2 N–H and O–H groups in total. The zero-order chi connectivity index (χ0) is 12.7. The second kappa shape index (κ2) is 7.67. The lowest BCUT2D eigenvalue weighted by atomic mass is 9.90. The average molecular weight is 242 g/mol. The fraction of sp³-hybridized carbons (Fsp3) is 0.923. The minimum atomic E-state index is 0.0363. The molecule has 4 nitrogen and oxygen atoms in total. The summed E-state index contributed by atoms with van der Waals surface area (Å²) >= 11 is 0. The van der Waals surface area contributed by atoms with Gasteiger partial charge in [-0.05, 0) is 32.2 Å². The number of hydrogen-bond acceptors (Lipinski definition) is 3. The Balaban J connectivity index is 2.45. The zero-order valence-corrected chi connectivity index (χ0v) is 11.1. The van der Waals surface area contributed by atoms with Crippen LogP contribution in [-0.4, -0.2) is 48.2 Å². The number of nitrogens with one attached hydrogen (secondary N) is 1. The van der Waals surface area contributed by atoms with Gasteiger partial charge in [-0.3, -0.25) is 4.79 Å². The molecule has 0 aliphatic heterocycles. The van der Waals surface area contributed by atoms with E-state index in [2.05, 4.69) is 5.32 Å². The minimum absolute atomic E-state index is 0.0363. The number of nitrogens with zero attached hydrogens (tertiary/aromatic N) is 1. The molecular formula is C13H26N2O2. The van der Waals surface area contributed by atoms with Gasteiger partial charge in [0.2, 0.25) is 5.91 Å². The van der Waals surface area contributed by atoms with Crippen molar-refractivity contribution < 1.29 is 9.90 Å². The first-order chi connectivity index (χ1) is 8.20. The number of carbonyl (C=O) groups excluding carboxylic acids is 1. The number of rotatable bonds is 8. The smallest absolute Gasteiger partial charge is 0.226 e. The van der Waals surface area contributed by atoms with Crippen molar-refractivity contribution >= 4 is 5.91 Å². The topological polar surface area (TPSA) is 52.6 Å². The van der Waals surface area contributed by atoms with Crippen LogP contribution in [-0.2, 0) is 4.79 Å². The van der Waals surface area contributed by atoms with Crippen molar-refractivity contribution in [3.05, 3.63) is 0 Å². The lowest BCUT2D eigenvalue weighted by Gasteiger charge is -2.39. The monoisotopic (exact) mass is 242 g/mol. The van der Waals surface area contributed by atoms with Crippen LogP contribution in [0.25, 0.3) is 0 Å². The van der Waals surface area contributed by atoms with Crippen LogP contribution in [0.2, 0.25) is 0 Å². The molecule has 0 saturated heterocycles. The fourth-order valence-electron chi connectivity index (χ4n) is 2.14. The predicted octanol–water partition coefficient (Wildman–Crippen LogP) is 0.995. The Morgan fingerprint density at radius 1 is 1.53 bits per heavy atom. The highest BCUT2D eigenvalue weighted by Crippen LogP contribution is 2.26. The van der Waals surface area contributed by atoms with Crippen molar-refractivity contribution in [2.45, 2.75) is 45.6 Å². The maximum absolute atomic E-state index is 12.3. The first-order valence-electron chi connectivity index (χ1n) is 6.82. The van der Waals surface area contributed by atoms with Crippen LogP contribution in [0.4, 0.5) is 0 Å². The van der Waals surface area contributed by atoms with E-state index in [0.717, 1.165) is 25.9 Å². The highest BCUT2D eigenvalue weighted by molar-refractivity contribution is 5.79. The molecule has 100 valence electrons. The number of aliphatic hydroxyl groups is 1. The maximum Gasteiger partial charge on any atom is 0.226 e.